The van der Waals surface area contributed by atoms with Gasteiger partial charge < -0.3 is 14.5 Å². The molecule has 8 heteroatoms. The molecule has 3 aromatic rings. The van der Waals surface area contributed by atoms with Crippen molar-refractivity contribution in [2.45, 2.75) is 36.6 Å². The van der Waals surface area contributed by atoms with Gasteiger partial charge in [0.15, 0.2) is 15.9 Å². The molecule has 2 atom stereocenters. The zero-order valence-electron chi connectivity index (χ0n) is 17.1. The highest BCUT2D eigenvalue weighted by molar-refractivity contribution is 7.90. The minimum atomic E-state index is -3.68. The first-order chi connectivity index (χ1) is 14.8. The van der Waals surface area contributed by atoms with Crippen LogP contribution in [0.2, 0.25) is 0 Å². The van der Waals surface area contributed by atoms with Gasteiger partial charge >= 0.3 is 5.97 Å². The number of ether oxygens (including phenoxy) is 1. The number of esters is 1. The van der Waals surface area contributed by atoms with E-state index < -0.39 is 33.6 Å². The molecular formula is C23H23NO6S. The van der Waals surface area contributed by atoms with Crippen molar-refractivity contribution in [3.8, 4) is 0 Å². The Morgan fingerprint density at radius 3 is 2.23 bits per heavy atom. The molecule has 0 fully saturated rings. The fourth-order valence-electron chi connectivity index (χ4n) is 2.97. The number of hydrogen-bond donors (Lipinski definition) is 1. The van der Waals surface area contributed by atoms with Gasteiger partial charge in [0.25, 0.3) is 5.91 Å². The zero-order valence-corrected chi connectivity index (χ0v) is 18.0. The van der Waals surface area contributed by atoms with E-state index in [2.05, 4.69) is 5.32 Å². The lowest BCUT2D eigenvalue weighted by Crippen LogP contribution is -2.37. The molecule has 0 saturated heterocycles. The number of sulfone groups is 1. The molecule has 1 N–H and O–H groups in total. The molecule has 2 unspecified atom stereocenters. The third kappa shape index (κ3) is 5.61. The van der Waals surface area contributed by atoms with E-state index >= 15 is 0 Å². The van der Waals surface area contributed by atoms with E-state index in [-0.39, 0.29) is 22.3 Å². The molecule has 1 aromatic heterocycles. The van der Waals surface area contributed by atoms with Gasteiger partial charge in [-0.15, -0.1) is 0 Å². The summed E-state index contributed by atoms with van der Waals surface area (Å²) in [5.74, 6) is -2.05. The molecule has 0 spiro atoms. The van der Waals surface area contributed by atoms with Crippen LogP contribution in [0.15, 0.2) is 82.3 Å². The first-order valence-electron chi connectivity index (χ1n) is 9.68. The predicted octanol–water partition coefficient (Wildman–Crippen LogP) is 3.68. The Balaban J connectivity index is 1.65. The van der Waals surface area contributed by atoms with Crippen molar-refractivity contribution in [3.63, 3.8) is 0 Å². The summed E-state index contributed by atoms with van der Waals surface area (Å²) in [5.41, 5.74) is 1.08. The summed E-state index contributed by atoms with van der Waals surface area (Å²) >= 11 is 0. The Morgan fingerprint density at radius 2 is 1.58 bits per heavy atom. The number of rotatable bonds is 8. The summed E-state index contributed by atoms with van der Waals surface area (Å²) in [6.45, 7) is 3.26. The van der Waals surface area contributed by atoms with Gasteiger partial charge in [-0.3, -0.25) is 4.79 Å². The van der Waals surface area contributed by atoms with E-state index in [9.17, 15) is 18.0 Å². The highest BCUT2D eigenvalue weighted by Gasteiger charge is 2.27. The van der Waals surface area contributed by atoms with Crippen LogP contribution in [0.25, 0.3) is 0 Å². The van der Waals surface area contributed by atoms with Crippen molar-refractivity contribution in [2.75, 3.05) is 0 Å². The normalized spacial score (nSPS) is 13.2. The molecule has 0 aliphatic heterocycles. The van der Waals surface area contributed by atoms with E-state index in [1.807, 2.05) is 37.3 Å². The van der Waals surface area contributed by atoms with Gasteiger partial charge in [0.1, 0.15) is 0 Å². The maximum atomic E-state index is 12.6. The van der Waals surface area contributed by atoms with Gasteiger partial charge in [-0.2, -0.15) is 0 Å². The van der Waals surface area contributed by atoms with Crippen LogP contribution >= 0.6 is 0 Å². The monoisotopic (exact) mass is 441 g/mol. The molecule has 0 aliphatic rings. The van der Waals surface area contributed by atoms with E-state index in [1.165, 1.54) is 31.4 Å². The van der Waals surface area contributed by atoms with Crippen molar-refractivity contribution in [1.29, 1.82) is 0 Å². The van der Waals surface area contributed by atoms with E-state index in [4.69, 9.17) is 9.15 Å². The van der Waals surface area contributed by atoms with Crippen LogP contribution in [-0.4, -0.2) is 26.4 Å². The summed E-state index contributed by atoms with van der Waals surface area (Å²) in [4.78, 5) is 25.1. The van der Waals surface area contributed by atoms with Crippen LogP contribution in [0.3, 0.4) is 0 Å². The number of hydrogen-bond acceptors (Lipinski definition) is 6. The molecule has 3 rings (SSSR count). The van der Waals surface area contributed by atoms with Crippen molar-refractivity contribution in [3.05, 3.63) is 89.9 Å². The Morgan fingerprint density at radius 1 is 0.968 bits per heavy atom. The Labute approximate surface area is 181 Å². The van der Waals surface area contributed by atoms with Gasteiger partial charge in [-0.25, -0.2) is 13.2 Å². The van der Waals surface area contributed by atoms with Gasteiger partial charge in [0.2, 0.25) is 5.76 Å². The van der Waals surface area contributed by atoms with Crippen LogP contribution < -0.4 is 5.32 Å². The van der Waals surface area contributed by atoms with Crippen molar-refractivity contribution in [1.82, 2.24) is 5.32 Å². The standard InChI is InChI=1S/C23H23NO6S/c1-16(18-9-5-3-6-10-18)24-22(25)17(2)30-23(26)21-19(13-14-29-21)15-31(27,28)20-11-7-4-8-12-20/h3-14,16-17H,15H2,1-2H3,(H,24,25). The maximum absolute atomic E-state index is 12.6. The number of furan rings is 1. The average molecular weight is 442 g/mol. The van der Waals surface area contributed by atoms with Crippen molar-refractivity contribution < 1.29 is 27.2 Å². The molecule has 1 amide bonds. The van der Waals surface area contributed by atoms with Gasteiger partial charge in [0.05, 0.1) is 23.0 Å². The number of benzene rings is 2. The lowest BCUT2D eigenvalue weighted by molar-refractivity contribution is -0.129. The highest BCUT2D eigenvalue weighted by atomic mass is 32.2. The van der Waals surface area contributed by atoms with Crippen LogP contribution in [0.1, 0.15) is 41.6 Å². The summed E-state index contributed by atoms with van der Waals surface area (Å²) in [7, 11) is -3.68. The third-order valence-electron chi connectivity index (χ3n) is 4.69. The molecule has 7 nitrogen and oxygen atoms in total. The van der Waals surface area contributed by atoms with Crippen LogP contribution in [0, 0.1) is 0 Å². The molecule has 1 heterocycles. The van der Waals surface area contributed by atoms with Gasteiger partial charge in [-0.05, 0) is 37.6 Å². The Bertz CT molecular complexity index is 1140. The second kappa shape index (κ2) is 9.61. The van der Waals surface area contributed by atoms with Crippen LogP contribution in [0.4, 0.5) is 0 Å². The van der Waals surface area contributed by atoms with E-state index in [0.29, 0.717) is 0 Å². The van der Waals surface area contributed by atoms with E-state index in [0.717, 1.165) is 5.56 Å². The summed E-state index contributed by atoms with van der Waals surface area (Å²) in [6.07, 6.45) is 0.122. The number of amides is 1. The smallest absolute Gasteiger partial charge is 0.375 e. The summed E-state index contributed by atoms with van der Waals surface area (Å²) < 4.78 is 35.6. The molecule has 0 saturated carbocycles. The number of nitrogens with one attached hydrogen (secondary N) is 1. The Hall–Kier alpha value is -3.39. The molecule has 0 aliphatic carbocycles. The molecule has 162 valence electrons. The summed E-state index contributed by atoms with van der Waals surface area (Å²) in [6, 6.07) is 18.4. The first kappa shape index (κ1) is 22.3. The quantitative estimate of drug-likeness (QED) is 0.535. The average Bonchev–Trinajstić information content (AvgIpc) is 3.22. The van der Waals surface area contributed by atoms with Gasteiger partial charge in [-0.1, -0.05) is 48.5 Å². The molecule has 31 heavy (non-hydrogen) atoms. The minimum absolute atomic E-state index is 0.137. The second-order valence-corrected chi connectivity index (χ2v) is 9.03. The fraction of sp³-hybridized carbons (Fsp3) is 0.217. The number of carbonyl (C=O) groups excluding carboxylic acids is 2. The van der Waals surface area contributed by atoms with Crippen LogP contribution in [0.5, 0.6) is 0 Å². The molecule has 2 aromatic carbocycles. The van der Waals surface area contributed by atoms with E-state index in [1.54, 1.807) is 18.2 Å². The molecular weight excluding hydrogens is 418 g/mol. The minimum Gasteiger partial charge on any atom is -0.457 e. The van der Waals surface area contributed by atoms with Gasteiger partial charge in [0, 0.05) is 5.56 Å². The Kier molecular flexibility index (Phi) is 6.91. The van der Waals surface area contributed by atoms with Crippen molar-refractivity contribution in [2.24, 2.45) is 0 Å². The highest BCUT2D eigenvalue weighted by Crippen LogP contribution is 2.21. The summed E-state index contributed by atoms with van der Waals surface area (Å²) in [5, 5.41) is 2.78. The lowest BCUT2D eigenvalue weighted by atomic mass is 10.1. The van der Waals surface area contributed by atoms with Crippen LogP contribution in [-0.2, 0) is 25.1 Å². The third-order valence-corrected chi connectivity index (χ3v) is 6.37. The molecule has 0 radical (unpaired) electrons. The zero-order chi connectivity index (χ0) is 22.4. The largest absolute Gasteiger partial charge is 0.457 e. The predicted molar refractivity (Wildman–Crippen MR) is 114 cm³/mol. The first-order valence-corrected chi connectivity index (χ1v) is 11.3. The fourth-order valence-corrected chi connectivity index (χ4v) is 4.34. The van der Waals surface area contributed by atoms with Crippen molar-refractivity contribution >= 4 is 21.7 Å². The SMILES string of the molecule is CC(OC(=O)c1occc1CS(=O)(=O)c1ccccc1)C(=O)NC(C)c1ccccc1. The molecule has 0 bridgehead atoms. The second-order valence-electron chi connectivity index (χ2n) is 7.04. The maximum Gasteiger partial charge on any atom is 0.375 e. The lowest BCUT2D eigenvalue weighted by Gasteiger charge is -2.18. The number of carbonyl (C=O) groups is 2. The topological polar surface area (TPSA) is 103 Å².